The van der Waals surface area contributed by atoms with Crippen molar-refractivity contribution in [2.45, 2.75) is 51.3 Å². The van der Waals surface area contributed by atoms with Crippen LogP contribution in [0.5, 0.6) is 0 Å². The molecule has 1 heterocycles. The first-order valence-corrected chi connectivity index (χ1v) is 7.27. The van der Waals surface area contributed by atoms with E-state index in [0.717, 1.165) is 32.2 Å². The van der Waals surface area contributed by atoms with Gasteiger partial charge in [0.2, 0.25) is 0 Å². The summed E-state index contributed by atoms with van der Waals surface area (Å²) in [5.41, 5.74) is -0.400. The van der Waals surface area contributed by atoms with E-state index in [1.54, 1.807) is 4.90 Å². The van der Waals surface area contributed by atoms with Crippen LogP contribution in [0.4, 0.5) is 4.79 Å². The number of nitrogens with zero attached hydrogens (tertiary/aromatic N) is 2. The predicted molar refractivity (Wildman–Crippen MR) is 75.2 cm³/mol. The number of nitrogens with one attached hydrogen (secondary N) is 1. The Bertz CT molecular complexity index is 317. The predicted octanol–water partition coefficient (Wildman–Crippen LogP) is 1.29. The topological polar surface area (TPSA) is 44.8 Å². The molecule has 2 rings (SSSR count). The number of carbonyl (C=O) groups excluding carboxylic acids is 1. The molecule has 0 bridgehead atoms. The quantitative estimate of drug-likeness (QED) is 0.817. The van der Waals surface area contributed by atoms with Crippen LogP contribution >= 0.6 is 0 Å². The molecule has 2 fully saturated rings. The van der Waals surface area contributed by atoms with E-state index in [9.17, 15) is 4.79 Å². The summed E-state index contributed by atoms with van der Waals surface area (Å²) in [6, 6.07) is 1.25. The molecular weight excluding hydrogens is 242 g/mol. The Morgan fingerprint density at radius 3 is 2.53 bits per heavy atom. The number of hydrogen-bond acceptors (Lipinski definition) is 4. The summed E-state index contributed by atoms with van der Waals surface area (Å²) in [7, 11) is 2.19. The zero-order valence-corrected chi connectivity index (χ0v) is 12.6. The van der Waals surface area contributed by atoms with Gasteiger partial charge in [0, 0.05) is 38.3 Å². The summed E-state index contributed by atoms with van der Waals surface area (Å²) in [4.78, 5) is 15.9. The standard InChI is InChI=1S/C14H27N3O2/c1-14(2,3)19-13(18)17-9-11(10-17)15-7-8-16(4)12-5-6-12/h11-12,15H,5-10H2,1-4H3. The number of likely N-dealkylation sites (tertiary alicyclic amines) is 1. The summed E-state index contributed by atoms with van der Waals surface area (Å²) >= 11 is 0. The van der Waals surface area contributed by atoms with Crippen molar-refractivity contribution < 1.29 is 9.53 Å². The van der Waals surface area contributed by atoms with Crippen molar-refractivity contribution in [1.82, 2.24) is 15.1 Å². The zero-order valence-electron chi connectivity index (χ0n) is 12.6. The molecule has 1 N–H and O–H groups in total. The van der Waals surface area contributed by atoms with Crippen molar-refractivity contribution in [1.29, 1.82) is 0 Å². The second-order valence-corrected chi connectivity index (χ2v) is 6.75. The van der Waals surface area contributed by atoms with Gasteiger partial charge in [0.15, 0.2) is 0 Å². The largest absolute Gasteiger partial charge is 0.444 e. The van der Waals surface area contributed by atoms with E-state index in [4.69, 9.17) is 4.74 Å². The van der Waals surface area contributed by atoms with Crippen LogP contribution in [0.3, 0.4) is 0 Å². The summed E-state index contributed by atoms with van der Waals surface area (Å²) in [6.07, 6.45) is 2.51. The Labute approximate surface area is 116 Å². The number of amides is 1. The van der Waals surface area contributed by atoms with Crippen molar-refractivity contribution >= 4 is 6.09 Å². The average Bonchev–Trinajstić information content (AvgIpc) is 3.01. The molecule has 0 unspecified atom stereocenters. The van der Waals surface area contributed by atoms with Gasteiger partial charge < -0.3 is 19.9 Å². The number of carbonyl (C=O) groups is 1. The minimum Gasteiger partial charge on any atom is -0.444 e. The van der Waals surface area contributed by atoms with Gasteiger partial charge in [-0.2, -0.15) is 0 Å². The highest BCUT2D eigenvalue weighted by Crippen LogP contribution is 2.24. The third-order valence-corrected chi connectivity index (χ3v) is 3.60. The van der Waals surface area contributed by atoms with E-state index < -0.39 is 5.60 Å². The van der Waals surface area contributed by atoms with E-state index in [-0.39, 0.29) is 6.09 Å². The second kappa shape index (κ2) is 5.67. The first-order valence-electron chi connectivity index (χ1n) is 7.27. The molecule has 0 radical (unpaired) electrons. The molecule has 0 aromatic rings. The highest BCUT2D eigenvalue weighted by molar-refractivity contribution is 5.69. The fourth-order valence-electron chi connectivity index (χ4n) is 2.23. The van der Waals surface area contributed by atoms with Crippen LogP contribution in [-0.2, 0) is 4.74 Å². The highest BCUT2D eigenvalue weighted by Gasteiger charge is 2.33. The van der Waals surface area contributed by atoms with Gasteiger partial charge in [-0.15, -0.1) is 0 Å². The third-order valence-electron chi connectivity index (χ3n) is 3.60. The van der Waals surface area contributed by atoms with Gasteiger partial charge in [0.25, 0.3) is 0 Å². The third kappa shape index (κ3) is 4.66. The zero-order chi connectivity index (χ0) is 14.0. The Morgan fingerprint density at radius 2 is 2.00 bits per heavy atom. The van der Waals surface area contributed by atoms with Crippen molar-refractivity contribution in [3.05, 3.63) is 0 Å². The number of ether oxygens (including phenoxy) is 1. The molecule has 5 nitrogen and oxygen atoms in total. The highest BCUT2D eigenvalue weighted by atomic mass is 16.6. The van der Waals surface area contributed by atoms with Crippen LogP contribution in [-0.4, -0.2) is 66.8 Å². The maximum atomic E-state index is 11.7. The lowest BCUT2D eigenvalue weighted by Gasteiger charge is -2.40. The van der Waals surface area contributed by atoms with Gasteiger partial charge >= 0.3 is 6.09 Å². The van der Waals surface area contributed by atoms with Crippen molar-refractivity contribution in [3.8, 4) is 0 Å². The first-order chi connectivity index (χ1) is 8.85. The summed E-state index contributed by atoms with van der Waals surface area (Å²) in [5, 5.41) is 3.49. The van der Waals surface area contributed by atoms with Crippen LogP contribution in [0, 0.1) is 0 Å². The van der Waals surface area contributed by atoms with Gasteiger partial charge in [0.05, 0.1) is 0 Å². The second-order valence-electron chi connectivity index (χ2n) is 6.75. The van der Waals surface area contributed by atoms with E-state index in [2.05, 4.69) is 17.3 Å². The molecule has 0 spiro atoms. The molecule has 0 atom stereocenters. The Morgan fingerprint density at radius 1 is 1.37 bits per heavy atom. The Kier molecular flexibility index (Phi) is 4.36. The summed E-state index contributed by atoms with van der Waals surface area (Å²) in [6.45, 7) is 9.31. The monoisotopic (exact) mass is 269 g/mol. The fourth-order valence-corrected chi connectivity index (χ4v) is 2.23. The maximum Gasteiger partial charge on any atom is 0.410 e. The molecule has 0 aromatic carbocycles. The van der Waals surface area contributed by atoms with Crippen molar-refractivity contribution in [2.75, 3.05) is 33.2 Å². The molecule has 2 aliphatic rings. The van der Waals surface area contributed by atoms with Gasteiger partial charge in [-0.1, -0.05) is 0 Å². The van der Waals surface area contributed by atoms with Gasteiger partial charge in [0.1, 0.15) is 5.60 Å². The van der Waals surface area contributed by atoms with Gasteiger partial charge in [-0.25, -0.2) is 4.79 Å². The van der Waals surface area contributed by atoms with E-state index >= 15 is 0 Å². The maximum absolute atomic E-state index is 11.7. The lowest BCUT2D eigenvalue weighted by molar-refractivity contribution is 0.00522. The average molecular weight is 269 g/mol. The molecule has 1 amide bonds. The molecule has 1 saturated heterocycles. The summed E-state index contributed by atoms with van der Waals surface area (Å²) < 4.78 is 5.32. The SMILES string of the molecule is CN(CCNC1CN(C(=O)OC(C)(C)C)C1)C1CC1. The fraction of sp³-hybridized carbons (Fsp3) is 0.929. The molecule has 1 aliphatic heterocycles. The molecule has 110 valence electrons. The number of hydrogen-bond donors (Lipinski definition) is 1. The number of rotatable bonds is 5. The Hall–Kier alpha value is -0.810. The van der Waals surface area contributed by atoms with E-state index in [1.165, 1.54) is 12.8 Å². The normalized spacial score (nSPS) is 20.6. The molecular formula is C14H27N3O2. The lowest BCUT2D eigenvalue weighted by atomic mass is 10.1. The smallest absolute Gasteiger partial charge is 0.410 e. The van der Waals surface area contributed by atoms with Crippen LogP contribution in [0.2, 0.25) is 0 Å². The lowest BCUT2D eigenvalue weighted by Crippen LogP contribution is -2.61. The van der Waals surface area contributed by atoms with Crippen molar-refractivity contribution in [2.24, 2.45) is 0 Å². The van der Waals surface area contributed by atoms with E-state index in [0.29, 0.717) is 6.04 Å². The summed E-state index contributed by atoms with van der Waals surface area (Å²) in [5.74, 6) is 0. The van der Waals surface area contributed by atoms with Crippen molar-refractivity contribution in [3.63, 3.8) is 0 Å². The van der Waals surface area contributed by atoms with Crippen LogP contribution < -0.4 is 5.32 Å². The van der Waals surface area contributed by atoms with Gasteiger partial charge in [-0.05, 0) is 40.7 Å². The van der Waals surface area contributed by atoms with Crippen LogP contribution in [0.1, 0.15) is 33.6 Å². The first kappa shape index (κ1) is 14.6. The molecule has 1 saturated carbocycles. The minimum atomic E-state index is -0.400. The number of likely N-dealkylation sites (N-methyl/N-ethyl adjacent to an activating group) is 1. The van der Waals surface area contributed by atoms with Crippen LogP contribution in [0.25, 0.3) is 0 Å². The minimum absolute atomic E-state index is 0.194. The van der Waals surface area contributed by atoms with E-state index in [1.807, 2.05) is 20.8 Å². The molecule has 19 heavy (non-hydrogen) atoms. The molecule has 0 aromatic heterocycles. The molecule has 1 aliphatic carbocycles. The van der Waals surface area contributed by atoms with Crippen LogP contribution in [0.15, 0.2) is 0 Å². The van der Waals surface area contributed by atoms with Gasteiger partial charge in [-0.3, -0.25) is 0 Å². The Balaban J connectivity index is 1.54. The molecule has 5 heteroatoms.